The molecular weight excluding hydrogens is 360 g/mol. The Labute approximate surface area is 162 Å². The molecule has 0 unspecified atom stereocenters. The average molecular weight is 382 g/mol. The normalized spacial score (nSPS) is 18.4. The van der Waals surface area contributed by atoms with Crippen molar-refractivity contribution in [2.75, 3.05) is 41.5 Å². The minimum absolute atomic E-state index is 0.0232. The maximum atomic E-state index is 13.0. The van der Waals surface area contributed by atoms with E-state index in [2.05, 4.69) is 20.6 Å². The van der Waals surface area contributed by atoms with E-state index in [4.69, 9.17) is 10.5 Å². The standard InChI is InChI=1S/C19H22N6O3/c1-28-13-7-3-2-6-12(13)21-18(27)11-10-14(26)22-17-15(11)16(20)23-19(24-17)25-8-4-5-9-25/h2-3,6-7,11H,4-5,8-10H2,1H3,(H,21,27)(H3,20,22,23,24,26)/t11-/m1/s1. The van der Waals surface area contributed by atoms with E-state index in [0.717, 1.165) is 25.9 Å². The minimum Gasteiger partial charge on any atom is -0.495 e. The number of anilines is 4. The summed E-state index contributed by atoms with van der Waals surface area (Å²) in [5.74, 6) is 0.131. The van der Waals surface area contributed by atoms with E-state index in [9.17, 15) is 9.59 Å². The lowest BCUT2D eigenvalue weighted by molar-refractivity contribution is -0.123. The van der Waals surface area contributed by atoms with Crippen molar-refractivity contribution < 1.29 is 14.3 Å². The lowest BCUT2D eigenvalue weighted by atomic mass is 9.92. The molecule has 2 aliphatic heterocycles. The summed E-state index contributed by atoms with van der Waals surface area (Å²) in [5.41, 5.74) is 7.18. The summed E-state index contributed by atoms with van der Waals surface area (Å²) in [7, 11) is 1.53. The highest BCUT2D eigenvalue weighted by molar-refractivity contribution is 6.06. The first-order chi connectivity index (χ1) is 13.6. The van der Waals surface area contributed by atoms with Gasteiger partial charge in [0.15, 0.2) is 0 Å². The van der Waals surface area contributed by atoms with Gasteiger partial charge < -0.3 is 26.0 Å². The van der Waals surface area contributed by atoms with Crippen LogP contribution in [0.3, 0.4) is 0 Å². The number of rotatable bonds is 4. The Balaban J connectivity index is 1.66. The van der Waals surface area contributed by atoms with E-state index in [1.807, 2.05) is 11.0 Å². The van der Waals surface area contributed by atoms with Gasteiger partial charge in [-0.05, 0) is 25.0 Å². The molecule has 1 aromatic heterocycles. The molecule has 0 spiro atoms. The zero-order valence-electron chi connectivity index (χ0n) is 15.6. The van der Waals surface area contributed by atoms with Crippen molar-refractivity contribution in [2.45, 2.75) is 25.2 Å². The Morgan fingerprint density at radius 1 is 1.29 bits per heavy atom. The van der Waals surface area contributed by atoms with Crippen LogP contribution in [-0.2, 0) is 9.59 Å². The molecule has 1 saturated heterocycles. The summed E-state index contributed by atoms with van der Waals surface area (Å²) in [6.45, 7) is 1.70. The van der Waals surface area contributed by atoms with Crippen LogP contribution >= 0.6 is 0 Å². The molecule has 9 nitrogen and oxygen atoms in total. The van der Waals surface area contributed by atoms with Crippen molar-refractivity contribution in [2.24, 2.45) is 0 Å². The lowest BCUT2D eigenvalue weighted by Crippen LogP contribution is -2.33. The molecule has 0 bridgehead atoms. The van der Waals surface area contributed by atoms with Crippen LogP contribution in [0.25, 0.3) is 0 Å². The van der Waals surface area contributed by atoms with Crippen LogP contribution in [0.2, 0.25) is 0 Å². The van der Waals surface area contributed by atoms with Crippen molar-refractivity contribution in [1.29, 1.82) is 0 Å². The summed E-state index contributed by atoms with van der Waals surface area (Å²) < 4.78 is 5.27. The number of methoxy groups -OCH3 is 1. The number of nitrogen functional groups attached to an aromatic ring is 1. The summed E-state index contributed by atoms with van der Waals surface area (Å²) in [6, 6.07) is 7.08. The van der Waals surface area contributed by atoms with Crippen molar-refractivity contribution in [1.82, 2.24) is 9.97 Å². The van der Waals surface area contributed by atoms with Gasteiger partial charge in [-0.2, -0.15) is 9.97 Å². The number of nitrogens with two attached hydrogens (primary N) is 1. The first-order valence-corrected chi connectivity index (χ1v) is 9.23. The van der Waals surface area contributed by atoms with Crippen molar-refractivity contribution in [3.63, 3.8) is 0 Å². The molecule has 3 heterocycles. The van der Waals surface area contributed by atoms with Crippen LogP contribution in [0.4, 0.5) is 23.3 Å². The summed E-state index contributed by atoms with van der Waals surface area (Å²) in [4.78, 5) is 36.1. The molecule has 2 aromatic rings. The van der Waals surface area contributed by atoms with E-state index >= 15 is 0 Å². The molecule has 1 atom stereocenters. The molecule has 0 saturated carbocycles. The second-order valence-corrected chi connectivity index (χ2v) is 6.86. The fourth-order valence-corrected chi connectivity index (χ4v) is 3.63. The monoisotopic (exact) mass is 382 g/mol. The molecule has 4 rings (SSSR count). The van der Waals surface area contributed by atoms with Crippen LogP contribution in [0, 0.1) is 0 Å². The molecule has 1 fully saturated rings. The first-order valence-electron chi connectivity index (χ1n) is 9.23. The van der Waals surface area contributed by atoms with Crippen LogP contribution in [0.15, 0.2) is 24.3 Å². The van der Waals surface area contributed by atoms with Crippen LogP contribution < -0.4 is 26.0 Å². The molecule has 4 N–H and O–H groups in total. The molecule has 146 valence electrons. The van der Waals surface area contributed by atoms with Gasteiger partial charge in [0.1, 0.15) is 17.4 Å². The molecule has 28 heavy (non-hydrogen) atoms. The van der Waals surface area contributed by atoms with Crippen molar-refractivity contribution in [3.8, 4) is 5.75 Å². The molecule has 0 radical (unpaired) electrons. The minimum atomic E-state index is -0.777. The second kappa shape index (κ2) is 7.34. The van der Waals surface area contributed by atoms with Crippen LogP contribution in [0.5, 0.6) is 5.75 Å². The SMILES string of the molecule is COc1ccccc1NC(=O)[C@@H]1CC(=O)Nc2nc(N3CCCC3)nc(N)c21. The number of ether oxygens (including phenoxy) is 1. The summed E-state index contributed by atoms with van der Waals surface area (Å²) >= 11 is 0. The Morgan fingerprint density at radius 2 is 2.04 bits per heavy atom. The van der Waals surface area contributed by atoms with E-state index in [1.165, 1.54) is 7.11 Å². The maximum absolute atomic E-state index is 13.0. The van der Waals surface area contributed by atoms with Gasteiger partial charge in [-0.3, -0.25) is 9.59 Å². The highest BCUT2D eigenvalue weighted by Crippen LogP contribution is 2.37. The summed E-state index contributed by atoms with van der Waals surface area (Å²) in [6.07, 6.45) is 2.11. The van der Waals surface area contributed by atoms with Crippen molar-refractivity contribution >= 4 is 35.1 Å². The van der Waals surface area contributed by atoms with Crippen LogP contribution in [0.1, 0.15) is 30.7 Å². The molecule has 2 amide bonds. The molecule has 9 heteroatoms. The van der Waals surface area contributed by atoms with E-state index in [-0.39, 0.29) is 24.1 Å². The van der Waals surface area contributed by atoms with E-state index < -0.39 is 5.92 Å². The zero-order valence-corrected chi connectivity index (χ0v) is 15.6. The first kappa shape index (κ1) is 18.0. The second-order valence-electron chi connectivity index (χ2n) is 6.86. The topological polar surface area (TPSA) is 122 Å². The number of hydrogen-bond donors (Lipinski definition) is 3. The highest BCUT2D eigenvalue weighted by Gasteiger charge is 2.35. The van der Waals surface area contributed by atoms with Gasteiger partial charge in [0.05, 0.1) is 24.3 Å². The van der Waals surface area contributed by atoms with Gasteiger partial charge in [-0.15, -0.1) is 0 Å². The Hall–Kier alpha value is -3.36. The van der Waals surface area contributed by atoms with E-state index in [1.54, 1.807) is 18.2 Å². The zero-order chi connectivity index (χ0) is 19.7. The number of para-hydroxylation sites is 2. The maximum Gasteiger partial charge on any atom is 0.232 e. The number of aromatic nitrogens is 2. The van der Waals surface area contributed by atoms with E-state index in [0.29, 0.717) is 28.8 Å². The number of amides is 2. The number of benzene rings is 1. The number of nitrogens with zero attached hydrogens (tertiary/aromatic N) is 3. The van der Waals surface area contributed by atoms with Gasteiger partial charge in [-0.1, -0.05) is 12.1 Å². The highest BCUT2D eigenvalue weighted by atomic mass is 16.5. The third-order valence-electron chi connectivity index (χ3n) is 5.03. The van der Waals surface area contributed by atoms with Gasteiger partial charge in [0.25, 0.3) is 0 Å². The number of carbonyl (C=O) groups excluding carboxylic acids is 2. The quantitative estimate of drug-likeness (QED) is 0.736. The third-order valence-corrected chi connectivity index (χ3v) is 5.03. The van der Waals surface area contributed by atoms with Gasteiger partial charge in [0, 0.05) is 19.5 Å². The smallest absolute Gasteiger partial charge is 0.232 e. The predicted molar refractivity (Wildman–Crippen MR) is 106 cm³/mol. The lowest BCUT2D eigenvalue weighted by Gasteiger charge is -2.27. The fourth-order valence-electron chi connectivity index (χ4n) is 3.63. The number of hydrogen-bond acceptors (Lipinski definition) is 7. The fraction of sp³-hybridized carbons (Fsp3) is 0.368. The molecular formula is C19H22N6O3. The van der Waals surface area contributed by atoms with Gasteiger partial charge in [0.2, 0.25) is 17.8 Å². The Bertz CT molecular complexity index is 926. The molecule has 2 aliphatic rings. The summed E-state index contributed by atoms with van der Waals surface area (Å²) in [5, 5.41) is 5.56. The Kier molecular flexibility index (Phi) is 4.72. The number of fused-ring (bicyclic) bond motifs is 1. The Morgan fingerprint density at radius 3 is 2.79 bits per heavy atom. The number of nitrogens with one attached hydrogen (secondary N) is 2. The largest absolute Gasteiger partial charge is 0.495 e. The van der Waals surface area contributed by atoms with Gasteiger partial charge in [-0.25, -0.2) is 0 Å². The third kappa shape index (κ3) is 3.30. The van der Waals surface area contributed by atoms with Gasteiger partial charge >= 0.3 is 0 Å². The predicted octanol–water partition coefficient (Wildman–Crippen LogP) is 1.73. The van der Waals surface area contributed by atoms with Crippen molar-refractivity contribution in [3.05, 3.63) is 29.8 Å². The molecule has 1 aromatic carbocycles. The average Bonchev–Trinajstić information content (AvgIpc) is 3.22. The number of carbonyl (C=O) groups is 2. The van der Waals surface area contributed by atoms with Crippen LogP contribution in [-0.4, -0.2) is 42.0 Å². The molecule has 0 aliphatic carbocycles.